The number of nitrogens with one attached hydrogen (secondary N) is 2. The van der Waals surface area contributed by atoms with E-state index in [0.717, 1.165) is 6.42 Å². The standard InChI is InChI=1S/C20H17Cl2N5O2S/c21-13-6-14(25-16-10-23-12-24-11-16)8-15(7-13)26-20(28)18-9-17(2-3-19(18)22)27-4-1-5-30(27)29/h2-3,6-12,25H,1,4-5H2,(H,26,28). The Bertz CT molecular complexity index is 1110. The minimum Gasteiger partial charge on any atom is -0.353 e. The monoisotopic (exact) mass is 461 g/mol. The molecule has 0 radical (unpaired) electrons. The largest absolute Gasteiger partial charge is 0.353 e. The molecule has 154 valence electrons. The molecule has 10 heteroatoms. The number of aromatic nitrogens is 2. The highest BCUT2D eigenvalue weighted by Gasteiger charge is 2.22. The van der Waals surface area contributed by atoms with Crippen LogP contribution in [-0.4, -0.2) is 32.4 Å². The van der Waals surface area contributed by atoms with Crippen LogP contribution in [0.5, 0.6) is 0 Å². The number of nitrogens with zero attached hydrogens (tertiary/aromatic N) is 3. The molecule has 1 fully saturated rings. The smallest absolute Gasteiger partial charge is 0.257 e. The van der Waals surface area contributed by atoms with Crippen LogP contribution in [0.15, 0.2) is 55.1 Å². The highest BCUT2D eigenvalue weighted by molar-refractivity contribution is 7.86. The third-order valence-corrected chi connectivity index (χ3v) is 6.48. The lowest BCUT2D eigenvalue weighted by Gasteiger charge is -2.17. The first-order valence-corrected chi connectivity index (χ1v) is 11.1. The molecule has 2 N–H and O–H groups in total. The molecule has 1 unspecified atom stereocenters. The van der Waals surface area contributed by atoms with Gasteiger partial charge in [-0.05, 0) is 42.8 Å². The molecule has 1 aromatic heterocycles. The number of carbonyl (C=O) groups is 1. The van der Waals surface area contributed by atoms with Crippen molar-refractivity contribution >= 4 is 62.8 Å². The van der Waals surface area contributed by atoms with Gasteiger partial charge in [-0.3, -0.25) is 9.10 Å². The second kappa shape index (κ2) is 8.99. The minimum absolute atomic E-state index is 0.295. The fourth-order valence-corrected chi connectivity index (χ4v) is 4.81. The Labute approximate surface area is 186 Å². The number of amides is 1. The number of hydrogen-bond donors (Lipinski definition) is 2. The van der Waals surface area contributed by atoms with Crippen LogP contribution in [-0.2, 0) is 11.0 Å². The van der Waals surface area contributed by atoms with Crippen molar-refractivity contribution in [1.82, 2.24) is 9.97 Å². The summed E-state index contributed by atoms with van der Waals surface area (Å²) in [5.74, 6) is 0.234. The Morgan fingerprint density at radius 1 is 1.03 bits per heavy atom. The molecule has 2 heterocycles. The molecular weight excluding hydrogens is 445 g/mol. The summed E-state index contributed by atoms with van der Waals surface area (Å²) in [5.41, 5.74) is 2.85. The number of anilines is 4. The summed E-state index contributed by atoms with van der Waals surface area (Å²) in [5, 5.41) is 6.71. The Hall–Kier alpha value is -2.68. The van der Waals surface area contributed by atoms with Gasteiger partial charge < -0.3 is 10.6 Å². The summed E-state index contributed by atoms with van der Waals surface area (Å²) < 4.78 is 13.9. The van der Waals surface area contributed by atoms with E-state index in [4.69, 9.17) is 23.2 Å². The van der Waals surface area contributed by atoms with Gasteiger partial charge in [0.2, 0.25) is 0 Å². The van der Waals surface area contributed by atoms with Crippen LogP contribution in [0.4, 0.5) is 22.7 Å². The fourth-order valence-electron chi connectivity index (χ4n) is 3.10. The van der Waals surface area contributed by atoms with Crippen molar-refractivity contribution in [3.63, 3.8) is 0 Å². The van der Waals surface area contributed by atoms with E-state index >= 15 is 0 Å². The molecule has 2 aromatic carbocycles. The molecule has 4 rings (SSSR count). The maximum atomic E-state index is 12.9. The van der Waals surface area contributed by atoms with E-state index in [9.17, 15) is 9.00 Å². The number of rotatable bonds is 5. The van der Waals surface area contributed by atoms with Crippen LogP contribution in [0, 0.1) is 0 Å². The third-order valence-electron chi connectivity index (χ3n) is 4.41. The highest BCUT2D eigenvalue weighted by Crippen LogP contribution is 2.29. The molecule has 0 saturated carbocycles. The second-order valence-corrected chi connectivity index (χ2v) is 8.92. The van der Waals surface area contributed by atoms with Gasteiger partial charge >= 0.3 is 0 Å². The van der Waals surface area contributed by atoms with Crippen molar-refractivity contribution in [3.05, 3.63) is 70.7 Å². The van der Waals surface area contributed by atoms with Crippen LogP contribution in [0.25, 0.3) is 0 Å². The molecule has 30 heavy (non-hydrogen) atoms. The molecule has 1 amide bonds. The van der Waals surface area contributed by atoms with Crippen LogP contribution in [0.3, 0.4) is 0 Å². The molecule has 1 saturated heterocycles. The summed E-state index contributed by atoms with van der Waals surface area (Å²) in [6.07, 6.45) is 5.53. The zero-order valence-electron chi connectivity index (χ0n) is 15.6. The Morgan fingerprint density at radius 2 is 1.80 bits per heavy atom. The van der Waals surface area contributed by atoms with Crippen LogP contribution >= 0.6 is 23.2 Å². The Balaban J connectivity index is 1.56. The predicted molar refractivity (Wildman–Crippen MR) is 121 cm³/mol. The van der Waals surface area contributed by atoms with Gasteiger partial charge in [0.1, 0.15) is 17.3 Å². The molecule has 1 aliphatic rings. The lowest BCUT2D eigenvalue weighted by Crippen LogP contribution is -2.20. The molecule has 3 aromatic rings. The Morgan fingerprint density at radius 3 is 2.53 bits per heavy atom. The van der Waals surface area contributed by atoms with Gasteiger partial charge in [0.15, 0.2) is 0 Å². The maximum Gasteiger partial charge on any atom is 0.257 e. The maximum absolute atomic E-state index is 12.9. The molecule has 1 aliphatic heterocycles. The van der Waals surface area contributed by atoms with Gasteiger partial charge in [-0.15, -0.1) is 0 Å². The molecule has 0 spiro atoms. The van der Waals surface area contributed by atoms with E-state index in [1.54, 1.807) is 53.1 Å². The van der Waals surface area contributed by atoms with Crippen molar-refractivity contribution in [3.8, 4) is 0 Å². The van der Waals surface area contributed by atoms with Gasteiger partial charge in [0, 0.05) is 28.7 Å². The van der Waals surface area contributed by atoms with Gasteiger partial charge in [0.05, 0.1) is 34.4 Å². The highest BCUT2D eigenvalue weighted by atomic mass is 35.5. The summed E-state index contributed by atoms with van der Waals surface area (Å²) in [7, 11) is -1.08. The second-order valence-electron chi connectivity index (χ2n) is 6.58. The molecule has 0 aliphatic carbocycles. The van der Waals surface area contributed by atoms with E-state index in [2.05, 4.69) is 20.6 Å². The third kappa shape index (κ3) is 4.72. The summed E-state index contributed by atoms with van der Waals surface area (Å²) in [4.78, 5) is 20.8. The Kier molecular flexibility index (Phi) is 6.17. The van der Waals surface area contributed by atoms with Gasteiger partial charge in [-0.1, -0.05) is 23.2 Å². The van der Waals surface area contributed by atoms with E-state index in [1.807, 2.05) is 0 Å². The SMILES string of the molecule is O=C(Nc1cc(Cl)cc(Nc2cncnc2)c1)c1cc(N2CCCS2=O)ccc1Cl. The first-order chi connectivity index (χ1) is 14.5. The first-order valence-electron chi connectivity index (χ1n) is 9.09. The van der Waals surface area contributed by atoms with Crippen molar-refractivity contribution < 1.29 is 9.00 Å². The average molecular weight is 462 g/mol. The lowest BCUT2D eigenvalue weighted by atomic mass is 10.1. The molecule has 0 bridgehead atoms. The normalized spacial score (nSPS) is 15.8. The van der Waals surface area contributed by atoms with Crippen molar-refractivity contribution in [1.29, 1.82) is 0 Å². The number of hydrogen-bond acceptors (Lipinski definition) is 5. The van der Waals surface area contributed by atoms with Gasteiger partial charge in [0.25, 0.3) is 5.91 Å². The van der Waals surface area contributed by atoms with Crippen LogP contribution in [0.2, 0.25) is 10.0 Å². The van der Waals surface area contributed by atoms with Crippen LogP contribution < -0.4 is 14.9 Å². The summed E-state index contributed by atoms with van der Waals surface area (Å²) in [6, 6.07) is 10.2. The van der Waals surface area contributed by atoms with E-state index in [1.165, 1.54) is 6.33 Å². The molecule has 1 atom stereocenters. The first kappa shape index (κ1) is 20.6. The minimum atomic E-state index is -1.08. The number of benzene rings is 2. The summed E-state index contributed by atoms with van der Waals surface area (Å²) in [6.45, 7) is 0.682. The van der Waals surface area contributed by atoms with Crippen molar-refractivity contribution in [2.75, 3.05) is 27.2 Å². The topological polar surface area (TPSA) is 87.2 Å². The van der Waals surface area contributed by atoms with Gasteiger partial charge in [-0.25, -0.2) is 14.2 Å². The zero-order valence-corrected chi connectivity index (χ0v) is 18.0. The zero-order chi connectivity index (χ0) is 21.1. The van der Waals surface area contributed by atoms with Crippen molar-refractivity contribution in [2.45, 2.75) is 6.42 Å². The van der Waals surface area contributed by atoms with E-state index < -0.39 is 11.0 Å². The quantitative estimate of drug-likeness (QED) is 0.576. The lowest BCUT2D eigenvalue weighted by molar-refractivity contribution is 0.102. The van der Waals surface area contributed by atoms with Crippen molar-refractivity contribution in [2.24, 2.45) is 0 Å². The van der Waals surface area contributed by atoms with Crippen LogP contribution in [0.1, 0.15) is 16.8 Å². The van der Waals surface area contributed by atoms with E-state index in [0.29, 0.717) is 50.7 Å². The number of carbonyl (C=O) groups excluding carboxylic acids is 1. The molecular formula is C20H17Cl2N5O2S. The fraction of sp³-hybridized carbons (Fsp3) is 0.150. The van der Waals surface area contributed by atoms with E-state index in [-0.39, 0.29) is 5.91 Å². The predicted octanol–water partition coefficient (Wildman–Crippen LogP) is 4.65. The molecule has 7 nitrogen and oxygen atoms in total. The summed E-state index contributed by atoms with van der Waals surface area (Å²) >= 11 is 12.5. The van der Waals surface area contributed by atoms with Gasteiger partial charge in [-0.2, -0.15) is 0 Å². The average Bonchev–Trinajstić information content (AvgIpc) is 3.14. The number of halogens is 2.